The molecule has 1 aliphatic rings. The predicted molar refractivity (Wildman–Crippen MR) is 98.5 cm³/mol. The highest BCUT2D eigenvalue weighted by Crippen LogP contribution is 2.43. The third-order valence-electron chi connectivity index (χ3n) is 4.61. The topological polar surface area (TPSA) is 68.5 Å². The first-order valence-corrected chi connectivity index (χ1v) is 9.18. The van der Waals surface area contributed by atoms with Crippen LogP contribution in [-0.4, -0.2) is 36.1 Å². The zero-order chi connectivity index (χ0) is 19.5. The summed E-state index contributed by atoms with van der Waals surface area (Å²) in [4.78, 5) is 18.0. The molecule has 1 unspecified atom stereocenters. The Kier molecular flexibility index (Phi) is 6.42. The van der Waals surface area contributed by atoms with Gasteiger partial charge in [-0.3, -0.25) is 4.79 Å². The van der Waals surface area contributed by atoms with Crippen LogP contribution in [0, 0.1) is 5.92 Å². The first kappa shape index (κ1) is 20.4. The molecule has 1 fully saturated rings. The number of carbonyl (C=O) groups is 1. The highest BCUT2D eigenvalue weighted by Gasteiger charge is 2.48. The van der Waals surface area contributed by atoms with Crippen molar-refractivity contribution in [3.05, 3.63) is 17.8 Å². The van der Waals surface area contributed by atoms with Gasteiger partial charge in [-0.15, -0.1) is 0 Å². The largest absolute Gasteiger partial charge is 0.466 e. The molecule has 2 rings (SSSR count). The summed E-state index contributed by atoms with van der Waals surface area (Å²) in [5.74, 6) is -2.09. The van der Waals surface area contributed by atoms with Crippen LogP contribution in [0.15, 0.2) is 12.3 Å². The monoisotopic (exact) mass is 369 g/mol. The lowest BCUT2D eigenvalue weighted by Crippen LogP contribution is -2.52. The van der Waals surface area contributed by atoms with Crippen molar-refractivity contribution in [1.82, 2.24) is 4.98 Å². The van der Waals surface area contributed by atoms with E-state index in [1.54, 1.807) is 19.2 Å². The lowest BCUT2D eigenvalue weighted by Gasteiger charge is -2.44. The quantitative estimate of drug-likeness (QED) is 0.702. The van der Waals surface area contributed by atoms with E-state index >= 15 is 0 Å². The van der Waals surface area contributed by atoms with Gasteiger partial charge < -0.3 is 15.4 Å². The van der Waals surface area contributed by atoms with E-state index in [0.717, 1.165) is 5.56 Å². The molecule has 7 heteroatoms. The molecule has 0 saturated heterocycles. The van der Waals surface area contributed by atoms with Gasteiger partial charge in [0.25, 0.3) is 5.92 Å². The number of aromatic nitrogens is 1. The molecule has 1 saturated carbocycles. The van der Waals surface area contributed by atoms with Crippen molar-refractivity contribution in [2.24, 2.45) is 5.92 Å². The van der Waals surface area contributed by atoms with Crippen LogP contribution in [0.5, 0.6) is 0 Å². The van der Waals surface area contributed by atoms with Gasteiger partial charge in [0.05, 0.1) is 18.7 Å². The van der Waals surface area contributed by atoms with E-state index in [4.69, 9.17) is 10.5 Å². The van der Waals surface area contributed by atoms with Gasteiger partial charge in [-0.1, -0.05) is 20.8 Å². The zero-order valence-electron chi connectivity index (χ0n) is 16.0. The molecule has 1 atom stereocenters. The first-order valence-electron chi connectivity index (χ1n) is 9.18. The highest BCUT2D eigenvalue weighted by molar-refractivity contribution is 5.71. The SMILES string of the molecule is CCOC(=O)CC(C)c1cnc(N(CC(C)C)C2CC(F)(F)C2)c(N)c1. The van der Waals surface area contributed by atoms with Gasteiger partial charge in [0.1, 0.15) is 0 Å². The second kappa shape index (κ2) is 8.18. The zero-order valence-corrected chi connectivity index (χ0v) is 16.0. The molecular weight excluding hydrogens is 340 g/mol. The fourth-order valence-electron chi connectivity index (χ4n) is 3.24. The van der Waals surface area contributed by atoms with Crippen LogP contribution in [0.2, 0.25) is 0 Å². The Morgan fingerprint density at radius 2 is 2.08 bits per heavy atom. The van der Waals surface area contributed by atoms with Crippen molar-refractivity contribution in [3.63, 3.8) is 0 Å². The summed E-state index contributed by atoms with van der Waals surface area (Å²) in [6, 6.07) is 1.54. The number of hydrogen-bond donors (Lipinski definition) is 1. The number of carbonyl (C=O) groups excluding carboxylic acids is 1. The number of pyridine rings is 1. The second-order valence-electron chi connectivity index (χ2n) is 7.56. The van der Waals surface area contributed by atoms with E-state index in [1.807, 2.05) is 25.7 Å². The molecule has 0 bridgehead atoms. The van der Waals surface area contributed by atoms with Crippen LogP contribution in [0.25, 0.3) is 0 Å². The van der Waals surface area contributed by atoms with Crippen LogP contribution in [0.4, 0.5) is 20.3 Å². The minimum Gasteiger partial charge on any atom is -0.466 e. The van der Waals surface area contributed by atoms with Crippen molar-refractivity contribution in [3.8, 4) is 0 Å². The number of anilines is 2. The number of ether oxygens (including phenoxy) is 1. The van der Waals surface area contributed by atoms with Crippen molar-refractivity contribution >= 4 is 17.5 Å². The molecule has 0 aliphatic heterocycles. The molecule has 0 spiro atoms. The summed E-state index contributed by atoms with van der Waals surface area (Å²) in [5.41, 5.74) is 7.49. The van der Waals surface area contributed by atoms with Crippen LogP contribution in [-0.2, 0) is 9.53 Å². The van der Waals surface area contributed by atoms with E-state index in [2.05, 4.69) is 4.98 Å². The Morgan fingerprint density at radius 3 is 2.58 bits per heavy atom. The normalized spacial score (nSPS) is 17.7. The summed E-state index contributed by atoms with van der Waals surface area (Å²) in [6.45, 7) is 8.72. The maximum Gasteiger partial charge on any atom is 0.306 e. The average Bonchev–Trinajstić information content (AvgIpc) is 2.50. The van der Waals surface area contributed by atoms with Crippen LogP contribution in [0.3, 0.4) is 0 Å². The molecule has 1 aromatic rings. The molecule has 0 aromatic carbocycles. The molecular formula is C19H29F2N3O2. The predicted octanol–water partition coefficient (Wildman–Crippen LogP) is 3.98. The molecule has 26 heavy (non-hydrogen) atoms. The number of rotatable bonds is 8. The number of nitrogens with two attached hydrogens (primary N) is 1. The fourth-order valence-corrected chi connectivity index (χ4v) is 3.24. The van der Waals surface area contributed by atoms with Crippen LogP contribution < -0.4 is 10.6 Å². The van der Waals surface area contributed by atoms with E-state index in [9.17, 15) is 13.6 Å². The molecule has 2 N–H and O–H groups in total. The number of halogens is 2. The smallest absolute Gasteiger partial charge is 0.306 e. The summed E-state index contributed by atoms with van der Waals surface area (Å²) in [5, 5.41) is 0. The molecule has 1 heterocycles. The van der Waals surface area contributed by atoms with Gasteiger partial charge in [0, 0.05) is 31.6 Å². The van der Waals surface area contributed by atoms with Crippen molar-refractivity contribution in [2.75, 3.05) is 23.8 Å². The van der Waals surface area contributed by atoms with Crippen molar-refractivity contribution in [1.29, 1.82) is 0 Å². The van der Waals surface area contributed by atoms with Crippen LogP contribution >= 0.6 is 0 Å². The number of nitrogen functional groups attached to an aromatic ring is 1. The Balaban J connectivity index is 2.16. The standard InChI is InChI=1S/C19H29F2N3O2/c1-5-26-17(25)6-13(4)14-7-16(22)18(23-10-14)24(11-12(2)3)15-8-19(20,21)9-15/h7,10,12-13,15H,5-6,8-9,11,22H2,1-4H3. The molecule has 0 radical (unpaired) electrons. The van der Waals surface area contributed by atoms with Gasteiger partial charge in [-0.2, -0.15) is 0 Å². The Labute approximate surface area is 153 Å². The van der Waals surface area contributed by atoms with Gasteiger partial charge in [0.2, 0.25) is 0 Å². The lowest BCUT2D eigenvalue weighted by atomic mass is 9.86. The van der Waals surface area contributed by atoms with E-state index in [-0.39, 0.29) is 37.2 Å². The highest BCUT2D eigenvalue weighted by atomic mass is 19.3. The number of nitrogens with zero attached hydrogens (tertiary/aromatic N) is 2. The molecule has 5 nitrogen and oxygen atoms in total. The molecule has 146 valence electrons. The lowest BCUT2D eigenvalue weighted by molar-refractivity contribution is -0.143. The van der Waals surface area contributed by atoms with E-state index in [1.165, 1.54) is 0 Å². The van der Waals surface area contributed by atoms with Crippen LogP contribution in [0.1, 0.15) is 58.4 Å². The maximum absolute atomic E-state index is 13.3. The summed E-state index contributed by atoms with van der Waals surface area (Å²) in [6.07, 6.45) is 1.60. The molecule has 0 amide bonds. The summed E-state index contributed by atoms with van der Waals surface area (Å²) >= 11 is 0. The number of esters is 1. The molecule has 1 aliphatic carbocycles. The second-order valence-corrected chi connectivity index (χ2v) is 7.56. The van der Waals surface area contributed by atoms with Gasteiger partial charge >= 0.3 is 5.97 Å². The van der Waals surface area contributed by atoms with Crippen molar-refractivity contribution in [2.45, 2.75) is 64.8 Å². The minimum absolute atomic E-state index is 0.0792. The number of alkyl halides is 2. The van der Waals surface area contributed by atoms with E-state index < -0.39 is 5.92 Å². The summed E-state index contributed by atoms with van der Waals surface area (Å²) in [7, 11) is 0. The third-order valence-corrected chi connectivity index (χ3v) is 4.61. The Morgan fingerprint density at radius 1 is 1.42 bits per heavy atom. The summed E-state index contributed by atoms with van der Waals surface area (Å²) < 4.78 is 31.6. The average molecular weight is 369 g/mol. The first-order chi connectivity index (χ1) is 12.1. The Bertz CT molecular complexity index is 629. The minimum atomic E-state index is -2.59. The van der Waals surface area contributed by atoms with Gasteiger partial charge in [-0.25, -0.2) is 13.8 Å². The van der Waals surface area contributed by atoms with Crippen molar-refractivity contribution < 1.29 is 18.3 Å². The van der Waals surface area contributed by atoms with Gasteiger partial charge in [0.15, 0.2) is 5.82 Å². The molecule has 1 aromatic heterocycles. The maximum atomic E-state index is 13.3. The number of hydrogen-bond acceptors (Lipinski definition) is 5. The Hall–Kier alpha value is -1.92. The van der Waals surface area contributed by atoms with E-state index in [0.29, 0.717) is 30.6 Å². The van der Waals surface area contributed by atoms with Gasteiger partial charge in [-0.05, 0) is 30.4 Å². The fraction of sp³-hybridized carbons (Fsp3) is 0.684. The third kappa shape index (κ3) is 5.05.